The van der Waals surface area contributed by atoms with Gasteiger partial charge in [-0.15, -0.1) is 0 Å². The molecule has 0 bridgehead atoms. The molecule has 0 atom stereocenters. The maximum Gasteiger partial charge on any atom is 0.222 e. The fourth-order valence-electron chi connectivity index (χ4n) is 4.79. The number of amides is 1. The first-order valence-corrected chi connectivity index (χ1v) is 10.0. The fourth-order valence-corrected chi connectivity index (χ4v) is 4.79. The summed E-state index contributed by atoms with van der Waals surface area (Å²) in [5.74, 6) is 0.307. The summed E-state index contributed by atoms with van der Waals surface area (Å²) in [6.45, 7) is 8.26. The van der Waals surface area contributed by atoms with Crippen molar-refractivity contribution in [1.82, 2.24) is 19.6 Å². The summed E-state index contributed by atoms with van der Waals surface area (Å²) in [4.78, 5) is 16.3. The number of rotatable bonds is 3. The Morgan fingerprint density at radius 3 is 2.52 bits per heavy atom. The van der Waals surface area contributed by atoms with Gasteiger partial charge in [-0.25, -0.2) is 4.68 Å². The molecule has 0 N–H and O–H groups in total. The molecule has 2 aliphatic rings. The molecule has 2 saturated heterocycles. The van der Waals surface area contributed by atoms with Gasteiger partial charge in [-0.3, -0.25) is 9.69 Å². The van der Waals surface area contributed by atoms with E-state index in [9.17, 15) is 4.79 Å². The van der Waals surface area contributed by atoms with Crippen molar-refractivity contribution in [3.8, 4) is 5.69 Å². The lowest BCUT2D eigenvalue weighted by Crippen LogP contribution is -2.50. The Bertz CT molecular complexity index is 833. The molecular weight excluding hydrogens is 336 g/mol. The predicted octanol–water partition coefficient (Wildman–Crippen LogP) is 3.32. The normalized spacial score (nSPS) is 20.4. The molecule has 5 nitrogen and oxygen atoms in total. The summed E-state index contributed by atoms with van der Waals surface area (Å²) in [5, 5.41) is 4.68. The quantitative estimate of drug-likeness (QED) is 0.837. The third kappa shape index (κ3) is 3.65. The summed E-state index contributed by atoms with van der Waals surface area (Å²) in [6.07, 6.45) is 4.16. The lowest BCUT2D eigenvalue weighted by molar-refractivity contribution is -0.137. The number of piperidine rings is 2. The van der Waals surface area contributed by atoms with Crippen LogP contribution in [-0.2, 0) is 11.3 Å². The average molecular weight is 367 g/mol. The van der Waals surface area contributed by atoms with Crippen LogP contribution in [0.3, 0.4) is 0 Å². The van der Waals surface area contributed by atoms with Gasteiger partial charge >= 0.3 is 0 Å². The smallest absolute Gasteiger partial charge is 0.222 e. The fraction of sp³-hybridized carbons (Fsp3) is 0.545. The number of nitrogens with zero attached hydrogens (tertiary/aromatic N) is 4. The first kappa shape index (κ1) is 18.2. The van der Waals surface area contributed by atoms with Gasteiger partial charge in [0, 0.05) is 32.3 Å². The van der Waals surface area contributed by atoms with Crippen LogP contribution in [0.2, 0.25) is 0 Å². The van der Waals surface area contributed by atoms with Crippen molar-refractivity contribution in [3.05, 3.63) is 47.3 Å². The van der Waals surface area contributed by atoms with Gasteiger partial charge in [0.05, 0.1) is 11.4 Å². The van der Waals surface area contributed by atoms with E-state index in [0.717, 1.165) is 44.7 Å². The molecule has 2 aromatic rings. The number of carbonyl (C=O) groups excluding carboxylic acids is 1. The van der Waals surface area contributed by atoms with Crippen LogP contribution < -0.4 is 0 Å². The SMILES string of the molecule is Cc1cc(C)n(-c2ccccc2CN2CCC3(CCC(=O)N(C)C3)CC2)n1. The largest absolute Gasteiger partial charge is 0.345 e. The molecule has 0 unspecified atom stereocenters. The summed E-state index contributed by atoms with van der Waals surface area (Å²) in [6, 6.07) is 10.7. The highest BCUT2D eigenvalue weighted by Crippen LogP contribution is 2.40. The monoisotopic (exact) mass is 366 g/mol. The van der Waals surface area contributed by atoms with Gasteiger partial charge in [-0.1, -0.05) is 18.2 Å². The van der Waals surface area contributed by atoms with Crippen molar-refractivity contribution < 1.29 is 4.79 Å². The van der Waals surface area contributed by atoms with E-state index in [1.165, 1.54) is 29.8 Å². The third-order valence-corrected chi connectivity index (χ3v) is 6.41. The van der Waals surface area contributed by atoms with E-state index in [4.69, 9.17) is 0 Å². The average Bonchev–Trinajstić information content (AvgIpc) is 2.99. The van der Waals surface area contributed by atoms with E-state index >= 15 is 0 Å². The number of para-hydroxylation sites is 1. The molecule has 0 saturated carbocycles. The maximum absolute atomic E-state index is 11.8. The van der Waals surface area contributed by atoms with Gasteiger partial charge < -0.3 is 4.90 Å². The second-order valence-corrected chi connectivity index (χ2v) is 8.49. The Labute approximate surface area is 162 Å². The van der Waals surface area contributed by atoms with Crippen molar-refractivity contribution >= 4 is 5.91 Å². The Hall–Kier alpha value is -2.14. The van der Waals surface area contributed by atoms with E-state index in [1.807, 2.05) is 18.9 Å². The third-order valence-electron chi connectivity index (χ3n) is 6.41. The first-order valence-electron chi connectivity index (χ1n) is 10.0. The van der Waals surface area contributed by atoms with Crippen LogP contribution in [-0.4, -0.2) is 52.2 Å². The highest BCUT2D eigenvalue weighted by molar-refractivity contribution is 5.76. The molecule has 144 valence electrons. The Morgan fingerprint density at radius 1 is 1.11 bits per heavy atom. The lowest BCUT2D eigenvalue weighted by atomic mass is 9.72. The van der Waals surface area contributed by atoms with Crippen molar-refractivity contribution in [3.63, 3.8) is 0 Å². The number of aryl methyl sites for hydroxylation is 2. The van der Waals surface area contributed by atoms with Crippen LogP contribution in [0.4, 0.5) is 0 Å². The van der Waals surface area contributed by atoms with Gasteiger partial charge in [0.15, 0.2) is 0 Å². The zero-order valence-corrected chi connectivity index (χ0v) is 16.7. The molecule has 27 heavy (non-hydrogen) atoms. The molecule has 3 heterocycles. The van der Waals surface area contributed by atoms with Crippen molar-refractivity contribution in [2.24, 2.45) is 5.41 Å². The van der Waals surface area contributed by atoms with E-state index in [-0.39, 0.29) is 0 Å². The van der Waals surface area contributed by atoms with Crippen molar-refractivity contribution in [2.45, 2.75) is 46.1 Å². The van der Waals surface area contributed by atoms with Crippen molar-refractivity contribution in [1.29, 1.82) is 0 Å². The standard InChI is InChI=1S/C22H30N4O/c1-17-14-18(2)26(23-17)20-7-5-4-6-19(20)15-25-12-10-22(11-13-25)9-8-21(27)24(3)16-22/h4-7,14H,8-13,15-16H2,1-3H3. The number of hydrogen-bond acceptors (Lipinski definition) is 3. The van der Waals surface area contributed by atoms with Crippen LogP contribution in [0.15, 0.2) is 30.3 Å². The van der Waals surface area contributed by atoms with Crippen LogP contribution >= 0.6 is 0 Å². The van der Waals surface area contributed by atoms with Gasteiger partial charge in [-0.2, -0.15) is 5.10 Å². The number of likely N-dealkylation sites (tertiary alicyclic amines) is 2. The summed E-state index contributed by atoms with van der Waals surface area (Å²) < 4.78 is 2.07. The number of hydrogen-bond donors (Lipinski definition) is 0. The van der Waals surface area contributed by atoms with E-state index in [2.05, 4.69) is 51.9 Å². The summed E-state index contributed by atoms with van der Waals surface area (Å²) >= 11 is 0. The highest BCUT2D eigenvalue weighted by Gasteiger charge is 2.39. The van der Waals surface area contributed by atoms with Crippen LogP contribution in [0.5, 0.6) is 0 Å². The van der Waals surface area contributed by atoms with Crippen LogP contribution in [0.1, 0.15) is 42.6 Å². The van der Waals surface area contributed by atoms with Crippen LogP contribution in [0, 0.1) is 19.3 Å². The van der Waals surface area contributed by atoms with E-state index in [0.29, 0.717) is 11.3 Å². The molecule has 2 fully saturated rings. The minimum absolute atomic E-state index is 0.307. The Balaban J connectivity index is 1.46. The topological polar surface area (TPSA) is 41.4 Å². The van der Waals surface area contributed by atoms with E-state index in [1.54, 1.807) is 0 Å². The predicted molar refractivity (Wildman–Crippen MR) is 107 cm³/mol. The molecule has 1 spiro atoms. The number of aromatic nitrogens is 2. The minimum Gasteiger partial charge on any atom is -0.345 e. The Kier molecular flexibility index (Phi) is 4.81. The van der Waals surface area contributed by atoms with Crippen LogP contribution in [0.25, 0.3) is 5.69 Å². The molecule has 0 aliphatic carbocycles. The van der Waals surface area contributed by atoms with Gasteiger partial charge in [0.1, 0.15) is 0 Å². The zero-order chi connectivity index (χ0) is 19.0. The van der Waals surface area contributed by atoms with Gasteiger partial charge in [0.25, 0.3) is 0 Å². The molecule has 4 rings (SSSR count). The molecule has 0 radical (unpaired) electrons. The number of carbonyl (C=O) groups is 1. The van der Waals surface area contributed by atoms with Crippen molar-refractivity contribution in [2.75, 3.05) is 26.7 Å². The second-order valence-electron chi connectivity index (χ2n) is 8.49. The minimum atomic E-state index is 0.307. The zero-order valence-electron chi connectivity index (χ0n) is 16.7. The molecule has 2 aliphatic heterocycles. The molecule has 5 heteroatoms. The maximum atomic E-state index is 11.8. The number of benzene rings is 1. The summed E-state index contributed by atoms with van der Waals surface area (Å²) in [5.41, 5.74) is 5.08. The molecule has 1 aromatic heterocycles. The van der Waals surface area contributed by atoms with Gasteiger partial charge in [-0.05, 0) is 69.3 Å². The second kappa shape index (κ2) is 7.12. The lowest BCUT2D eigenvalue weighted by Gasteiger charge is -2.46. The molecule has 1 aromatic carbocycles. The first-order chi connectivity index (χ1) is 13.0. The van der Waals surface area contributed by atoms with E-state index < -0.39 is 0 Å². The van der Waals surface area contributed by atoms with Gasteiger partial charge in [0.2, 0.25) is 5.91 Å². The summed E-state index contributed by atoms with van der Waals surface area (Å²) in [7, 11) is 1.96. The highest BCUT2D eigenvalue weighted by atomic mass is 16.2. The molecular formula is C22H30N4O. The molecule has 1 amide bonds. The Morgan fingerprint density at radius 2 is 1.85 bits per heavy atom.